The number of nitrogens with zero attached hydrogens (tertiary/aromatic N) is 1. The van der Waals surface area contributed by atoms with E-state index in [1.54, 1.807) is 6.07 Å². The first-order chi connectivity index (χ1) is 4.74. The van der Waals surface area contributed by atoms with E-state index in [0.717, 1.165) is 0 Å². The molecular formula is C6H7N3O. The van der Waals surface area contributed by atoms with Crippen molar-refractivity contribution < 1.29 is 4.79 Å². The normalized spacial score (nSPS) is 9.20. The molecule has 0 bridgehead atoms. The van der Waals surface area contributed by atoms with Gasteiger partial charge in [-0.3, -0.25) is 4.79 Å². The average Bonchev–Trinajstić information content (AvgIpc) is 1.95. The molecule has 0 saturated carbocycles. The van der Waals surface area contributed by atoms with E-state index in [1.807, 2.05) is 0 Å². The van der Waals surface area contributed by atoms with Crippen molar-refractivity contribution in [2.45, 2.75) is 0 Å². The van der Waals surface area contributed by atoms with Crippen molar-refractivity contribution in [1.29, 1.82) is 0 Å². The Labute approximate surface area is 57.9 Å². The summed E-state index contributed by atoms with van der Waals surface area (Å²) in [5.74, 6) is 0.199. The molecule has 4 nitrogen and oxygen atoms in total. The smallest absolute Gasteiger partial charge is 0.168 e. The number of rotatable bonds is 1. The maximum absolute atomic E-state index is 10.1. The Hall–Kier alpha value is -1.58. The Morgan fingerprint density at radius 2 is 2.10 bits per heavy atom. The number of hydrogen-bond donors (Lipinski definition) is 2. The van der Waals surface area contributed by atoms with E-state index in [-0.39, 0.29) is 5.82 Å². The van der Waals surface area contributed by atoms with Gasteiger partial charge in [0.2, 0.25) is 0 Å². The molecule has 10 heavy (non-hydrogen) atoms. The van der Waals surface area contributed by atoms with E-state index < -0.39 is 0 Å². The van der Waals surface area contributed by atoms with E-state index >= 15 is 0 Å². The Kier molecular flexibility index (Phi) is 1.53. The van der Waals surface area contributed by atoms with Gasteiger partial charge in [-0.05, 0) is 12.1 Å². The number of nitrogens with two attached hydrogens (primary N) is 2. The van der Waals surface area contributed by atoms with Crippen molar-refractivity contribution in [3.63, 3.8) is 0 Å². The van der Waals surface area contributed by atoms with Crippen LogP contribution < -0.4 is 11.5 Å². The van der Waals surface area contributed by atoms with Crippen LogP contribution in [0, 0.1) is 0 Å². The second-order valence-corrected chi connectivity index (χ2v) is 1.83. The van der Waals surface area contributed by atoms with Crippen LogP contribution >= 0.6 is 0 Å². The molecule has 4 N–H and O–H groups in total. The molecule has 1 aromatic rings. The van der Waals surface area contributed by atoms with Gasteiger partial charge in [0.25, 0.3) is 0 Å². The fraction of sp³-hybridized carbons (Fsp3) is 0. The zero-order chi connectivity index (χ0) is 7.56. The maximum atomic E-state index is 10.1. The molecule has 0 radical (unpaired) electrons. The largest absolute Gasteiger partial charge is 0.396 e. The Bertz CT molecular complexity index is 259. The first kappa shape index (κ1) is 6.54. The molecule has 0 atom stereocenters. The molecule has 0 aliphatic heterocycles. The topological polar surface area (TPSA) is 82.0 Å². The van der Waals surface area contributed by atoms with Crippen LogP contribution in [0.3, 0.4) is 0 Å². The van der Waals surface area contributed by atoms with E-state index in [2.05, 4.69) is 4.98 Å². The molecule has 0 fully saturated rings. The van der Waals surface area contributed by atoms with Crippen LogP contribution in [0.1, 0.15) is 10.5 Å². The minimum absolute atomic E-state index is 0.199. The van der Waals surface area contributed by atoms with E-state index in [4.69, 9.17) is 11.5 Å². The number of aromatic nitrogens is 1. The molecular weight excluding hydrogens is 130 g/mol. The first-order valence-corrected chi connectivity index (χ1v) is 2.71. The number of hydrogen-bond acceptors (Lipinski definition) is 4. The fourth-order valence-electron chi connectivity index (χ4n) is 0.567. The zero-order valence-corrected chi connectivity index (χ0v) is 5.24. The van der Waals surface area contributed by atoms with Gasteiger partial charge in [0.05, 0.1) is 5.69 Å². The minimum atomic E-state index is 0.199. The second kappa shape index (κ2) is 2.34. The zero-order valence-electron chi connectivity index (χ0n) is 5.24. The summed E-state index contributed by atoms with van der Waals surface area (Å²) < 4.78 is 0. The predicted octanol–water partition coefficient (Wildman–Crippen LogP) is 0.0585. The summed E-state index contributed by atoms with van der Waals surface area (Å²) in [5.41, 5.74) is 11.3. The summed E-state index contributed by atoms with van der Waals surface area (Å²) >= 11 is 0. The van der Waals surface area contributed by atoms with Gasteiger partial charge < -0.3 is 11.5 Å². The van der Waals surface area contributed by atoms with Gasteiger partial charge >= 0.3 is 0 Å². The summed E-state index contributed by atoms with van der Waals surface area (Å²) in [6.07, 6.45) is 0.621. The van der Waals surface area contributed by atoms with Crippen molar-refractivity contribution in [3.8, 4) is 0 Å². The maximum Gasteiger partial charge on any atom is 0.168 e. The van der Waals surface area contributed by atoms with Crippen molar-refractivity contribution in [3.05, 3.63) is 17.8 Å². The number of carbonyl (C=O) groups is 1. The third-order valence-corrected chi connectivity index (χ3v) is 1.10. The molecule has 52 valence electrons. The highest BCUT2D eigenvalue weighted by Crippen LogP contribution is 2.09. The molecule has 0 aliphatic carbocycles. The van der Waals surface area contributed by atoms with Gasteiger partial charge in [0.15, 0.2) is 6.29 Å². The van der Waals surface area contributed by atoms with E-state index in [1.165, 1.54) is 6.07 Å². The minimum Gasteiger partial charge on any atom is -0.396 e. The summed E-state index contributed by atoms with van der Waals surface area (Å²) in [4.78, 5) is 13.8. The monoisotopic (exact) mass is 137 g/mol. The van der Waals surface area contributed by atoms with Gasteiger partial charge in [-0.15, -0.1) is 0 Å². The van der Waals surface area contributed by atoms with Crippen LogP contribution in [0.5, 0.6) is 0 Å². The molecule has 0 saturated heterocycles. The Morgan fingerprint density at radius 1 is 1.40 bits per heavy atom. The fourth-order valence-corrected chi connectivity index (χ4v) is 0.567. The highest BCUT2D eigenvalue weighted by molar-refractivity contribution is 5.74. The van der Waals surface area contributed by atoms with Crippen LogP contribution in [0.25, 0.3) is 0 Å². The van der Waals surface area contributed by atoms with Crippen molar-refractivity contribution in [1.82, 2.24) is 4.98 Å². The van der Waals surface area contributed by atoms with E-state index in [9.17, 15) is 4.79 Å². The Morgan fingerprint density at radius 3 is 2.60 bits per heavy atom. The highest BCUT2D eigenvalue weighted by atomic mass is 16.1. The number of aldehydes is 1. The van der Waals surface area contributed by atoms with Crippen LogP contribution in [0.2, 0.25) is 0 Å². The summed E-state index contributed by atoms with van der Waals surface area (Å²) in [6.45, 7) is 0. The van der Waals surface area contributed by atoms with Crippen molar-refractivity contribution in [2.75, 3.05) is 11.5 Å². The van der Waals surface area contributed by atoms with Crippen LogP contribution in [-0.4, -0.2) is 11.3 Å². The Balaban J connectivity index is 3.16. The number of carbonyl (C=O) groups excluding carboxylic acids is 1. The van der Waals surface area contributed by atoms with Crippen LogP contribution in [-0.2, 0) is 0 Å². The standard InChI is InChI=1S/C6H7N3O/c7-5-2-1-4(3-10)9-6(5)8/h1-3H,7H2,(H2,8,9). The summed E-state index contributed by atoms with van der Waals surface area (Å²) in [6, 6.07) is 3.06. The van der Waals surface area contributed by atoms with Crippen LogP contribution in [0.4, 0.5) is 11.5 Å². The second-order valence-electron chi connectivity index (χ2n) is 1.83. The number of nitrogen functional groups attached to an aromatic ring is 2. The number of pyridine rings is 1. The quantitative estimate of drug-likeness (QED) is 0.536. The van der Waals surface area contributed by atoms with E-state index in [0.29, 0.717) is 17.7 Å². The molecule has 4 heteroatoms. The third kappa shape index (κ3) is 1.05. The molecule has 1 aromatic heterocycles. The molecule has 1 heterocycles. The molecule has 0 aliphatic rings. The van der Waals surface area contributed by atoms with Gasteiger partial charge in [-0.25, -0.2) is 4.98 Å². The van der Waals surface area contributed by atoms with Crippen molar-refractivity contribution >= 4 is 17.8 Å². The lowest BCUT2D eigenvalue weighted by atomic mass is 10.3. The molecule has 0 spiro atoms. The first-order valence-electron chi connectivity index (χ1n) is 2.71. The predicted molar refractivity (Wildman–Crippen MR) is 38.4 cm³/mol. The molecule has 0 unspecified atom stereocenters. The molecule has 0 aromatic carbocycles. The third-order valence-electron chi connectivity index (χ3n) is 1.10. The van der Waals surface area contributed by atoms with Gasteiger partial charge in [0, 0.05) is 0 Å². The van der Waals surface area contributed by atoms with Crippen LogP contribution in [0.15, 0.2) is 12.1 Å². The average molecular weight is 137 g/mol. The van der Waals surface area contributed by atoms with Gasteiger partial charge in [0.1, 0.15) is 11.5 Å². The number of anilines is 2. The van der Waals surface area contributed by atoms with Gasteiger partial charge in [-0.2, -0.15) is 0 Å². The molecule has 0 amide bonds. The SMILES string of the molecule is Nc1ccc(C=O)nc1N. The highest BCUT2D eigenvalue weighted by Gasteiger charge is 1.95. The summed E-state index contributed by atoms with van der Waals surface area (Å²) in [7, 11) is 0. The molecule has 1 rings (SSSR count). The van der Waals surface area contributed by atoms with Gasteiger partial charge in [-0.1, -0.05) is 0 Å². The summed E-state index contributed by atoms with van der Waals surface area (Å²) in [5, 5.41) is 0. The van der Waals surface area contributed by atoms with Crippen molar-refractivity contribution in [2.24, 2.45) is 0 Å². The lowest BCUT2D eigenvalue weighted by Crippen LogP contribution is -1.99. The lowest BCUT2D eigenvalue weighted by Gasteiger charge is -1.96. The lowest BCUT2D eigenvalue weighted by molar-refractivity contribution is 0.111.